The van der Waals surface area contributed by atoms with E-state index in [1.807, 2.05) is 43.3 Å². The Morgan fingerprint density at radius 2 is 2.12 bits per heavy atom. The fourth-order valence-corrected chi connectivity index (χ4v) is 2.41. The van der Waals surface area contributed by atoms with Gasteiger partial charge in [0.05, 0.1) is 5.52 Å². The Bertz CT molecular complexity index is 911. The standard InChI is InChI=1S/C18H18N2O4/c1-12-3-2-4-14(9-12)23-11-17(21)19-8-7-13-5-6-16-15(10-13)20-18(22)24-16/h2-6,9-10H,7-8,11H2,1H3,(H,19,21)(H,20,22). The number of H-pyrrole nitrogens is 1. The van der Waals surface area contributed by atoms with Gasteiger partial charge in [-0.15, -0.1) is 0 Å². The van der Waals surface area contributed by atoms with Crippen molar-refractivity contribution in [1.82, 2.24) is 10.3 Å². The van der Waals surface area contributed by atoms with Gasteiger partial charge in [-0.3, -0.25) is 9.78 Å². The number of carbonyl (C=O) groups excluding carboxylic acids is 1. The molecule has 2 N–H and O–H groups in total. The van der Waals surface area contributed by atoms with Crippen LogP contribution in [0.15, 0.2) is 51.7 Å². The first-order chi connectivity index (χ1) is 11.6. The molecule has 0 aliphatic rings. The van der Waals surface area contributed by atoms with Crippen molar-refractivity contribution in [3.63, 3.8) is 0 Å². The molecule has 6 nitrogen and oxygen atoms in total. The topological polar surface area (TPSA) is 84.3 Å². The molecule has 0 aliphatic heterocycles. The third-order valence-electron chi connectivity index (χ3n) is 3.58. The highest BCUT2D eigenvalue weighted by atomic mass is 16.5. The lowest BCUT2D eigenvalue weighted by atomic mass is 10.1. The van der Waals surface area contributed by atoms with E-state index in [9.17, 15) is 9.59 Å². The zero-order valence-corrected chi connectivity index (χ0v) is 13.3. The van der Waals surface area contributed by atoms with Crippen LogP contribution < -0.4 is 15.8 Å². The third-order valence-corrected chi connectivity index (χ3v) is 3.58. The molecule has 24 heavy (non-hydrogen) atoms. The molecule has 0 aliphatic carbocycles. The molecule has 0 atom stereocenters. The quantitative estimate of drug-likeness (QED) is 0.727. The van der Waals surface area contributed by atoms with E-state index in [0.717, 1.165) is 11.1 Å². The summed E-state index contributed by atoms with van der Waals surface area (Å²) in [5, 5.41) is 2.81. The number of hydrogen-bond acceptors (Lipinski definition) is 4. The van der Waals surface area contributed by atoms with Gasteiger partial charge in [-0.25, -0.2) is 4.79 Å². The van der Waals surface area contributed by atoms with Crippen molar-refractivity contribution < 1.29 is 13.9 Å². The van der Waals surface area contributed by atoms with Crippen LogP contribution in [0.5, 0.6) is 5.75 Å². The molecule has 1 amide bonds. The fraction of sp³-hybridized carbons (Fsp3) is 0.222. The highest BCUT2D eigenvalue weighted by molar-refractivity contribution is 5.77. The van der Waals surface area contributed by atoms with Crippen molar-refractivity contribution in [2.45, 2.75) is 13.3 Å². The molecular formula is C18H18N2O4. The summed E-state index contributed by atoms with van der Waals surface area (Å²) in [7, 11) is 0. The number of aromatic nitrogens is 1. The monoisotopic (exact) mass is 326 g/mol. The van der Waals surface area contributed by atoms with E-state index in [1.165, 1.54) is 0 Å². The van der Waals surface area contributed by atoms with Crippen LogP contribution in [0, 0.1) is 6.92 Å². The second-order valence-corrected chi connectivity index (χ2v) is 5.55. The smallest absolute Gasteiger partial charge is 0.417 e. The van der Waals surface area contributed by atoms with Crippen LogP contribution in [0.2, 0.25) is 0 Å². The van der Waals surface area contributed by atoms with Crippen LogP contribution in [-0.4, -0.2) is 24.0 Å². The molecule has 1 aromatic heterocycles. The molecule has 3 rings (SSSR count). The maximum atomic E-state index is 11.8. The molecule has 0 bridgehead atoms. The summed E-state index contributed by atoms with van der Waals surface area (Å²) in [5.74, 6) is 0.0394. The second-order valence-electron chi connectivity index (χ2n) is 5.55. The third kappa shape index (κ3) is 4.04. The molecule has 0 saturated heterocycles. The van der Waals surface area contributed by atoms with E-state index in [4.69, 9.17) is 9.15 Å². The van der Waals surface area contributed by atoms with Gasteiger partial charge in [-0.1, -0.05) is 18.2 Å². The van der Waals surface area contributed by atoms with E-state index >= 15 is 0 Å². The van der Waals surface area contributed by atoms with Gasteiger partial charge in [0.2, 0.25) is 0 Å². The number of carbonyl (C=O) groups is 1. The van der Waals surface area contributed by atoms with Crippen molar-refractivity contribution in [3.8, 4) is 5.75 Å². The summed E-state index contributed by atoms with van der Waals surface area (Å²) in [6.45, 7) is 2.44. The molecule has 1 heterocycles. The maximum Gasteiger partial charge on any atom is 0.417 e. The maximum absolute atomic E-state index is 11.8. The first-order valence-corrected chi connectivity index (χ1v) is 7.68. The van der Waals surface area contributed by atoms with E-state index in [-0.39, 0.29) is 12.5 Å². The Morgan fingerprint density at radius 1 is 1.25 bits per heavy atom. The van der Waals surface area contributed by atoms with E-state index in [0.29, 0.717) is 29.8 Å². The zero-order valence-electron chi connectivity index (χ0n) is 13.3. The molecule has 0 saturated carbocycles. The molecule has 2 aromatic carbocycles. The van der Waals surface area contributed by atoms with Crippen LogP contribution in [0.4, 0.5) is 0 Å². The lowest BCUT2D eigenvalue weighted by Crippen LogP contribution is -2.30. The second kappa shape index (κ2) is 7.04. The molecule has 0 unspecified atom stereocenters. The number of rotatable bonds is 6. The zero-order chi connectivity index (χ0) is 16.9. The summed E-state index contributed by atoms with van der Waals surface area (Å²) >= 11 is 0. The molecule has 0 spiro atoms. The highest BCUT2D eigenvalue weighted by Gasteiger charge is 2.05. The summed E-state index contributed by atoms with van der Waals surface area (Å²) in [5.41, 5.74) is 3.27. The van der Waals surface area contributed by atoms with Gasteiger partial charge in [-0.2, -0.15) is 0 Å². The van der Waals surface area contributed by atoms with Gasteiger partial charge in [0.1, 0.15) is 5.75 Å². The fourth-order valence-electron chi connectivity index (χ4n) is 2.41. The lowest BCUT2D eigenvalue weighted by Gasteiger charge is -2.08. The SMILES string of the molecule is Cc1cccc(OCC(=O)NCCc2ccc3oc(=O)[nH]c3c2)c1. The van der Waals surface area contributed by atoms with Crippen molar-refractivity contribution >= 4 is 17.0 Å². The predicted octanol–water partition coefficient (Wildman–Crippen LogP) is 2.17. The Hall–Kier alpha value is -3.02. The normalized spacial score (nSPS) is 10.7. The minimum absolute atomic E-state index is 0.0163. The van der Waals surface area contributed by atoms with Gasteiger partial charge in [-0.05, 0) is 48.7 Å². The summed E-state index contributed by atoms with van der Waals surface area (Å²) in [4.78, 5) is 25.5. The van der Waals surface area contributed by atoms with E-state index in [2.05, 4.69) is 10.3 Å². The summed E-state index contributed by atoms with van der Waals surface area (Å²) in [6, 6.07) is 13.0. The molecular weight excluding hydrogens is 308 g/mol. The molecule has 0 fully saturated rings. The molecule has 0 radical (unpaired) electrons. The number of ether oxygens (including phenoxy) is 1. The number of nitrogens with one attached hydrogen (secondary N) is 2. The van der Waals surface area contributed by atoms with Gasteiger partial charge < -0.3 is 14.5 Å². The number of amides is 1. The van der Waals surface area contributed by atoms with Gasteiger partial charge in [0, 0.05) is 6.54 Å². The Balaban J connectivity index is 1.46. The molecule has 124 valence electrons. The first kappa shape index (κ1) is 15.9. The number of aromatic amines is 1. The van der Waals surface area contributed by atoms with E-state index in [1.54, 1.807) is 6.07 Å². The van der Waals surface area contributed by atoms with Crippen LogP contribution in [0.3, 0.4) is 0 Å². The predicted molar refractivity (Wildman–Crippen MR) is 90.2 cm³/mol. The summed E-state index contributed by atoms with van der Waals surface area (Å²) < 4.78 is 10.4. The lowest BCUT2D eigenvalue weighted by molar-refractivity contribution is -0.123. The Labute approximate surface area is 138 Å². The van der Waals surface area contributed by atoms with Gasteiger partial charge >= 0.3 is 5.76 Å². The van der Waals surface area contributed by atoms with Crippen molar-refractivity contribution in [3.05, 3.63) is 64.1 Å². The van der Waals surface area contributed by atoms with Crippen LogP contribution in [0.25, 0.3) is 11.1 Å². The van der Waals surface area contributed by atoms with Crippen LogP contribution in [0.1, 0.15) is 11.1 Å². The van der Waals surface area contributed by atoms with Crippen molar-refractivity contribution in [2.75, 3.05) is 13.2 Å². The van der Waals surface area contributed by atoms with Gasteiger partial charge in [0.25, 0.3) is 5.91 Å². The van der Waals surface area contributed by atoms with Crippen molar-refractivity contribution in [1.29, 1.82) is 0 Å². The van der Waals surface area contributed by atoms with Crippen molar-refractivity contribution in [2.24, 2.45) is 0 Å². The largest absolute Gasteiger partial charge is 0.484 e. The minimum atomic E-state index is -0.469. The number of aryl methyl sites for hydroxylation is 1. The van der Waals surface area contributed by atoms with Gasteiger partial charge in [0.15, 0.2) is 12.2 Å². The van der Waals surface area contributed by atoms with Crippen LogP contribution in [-0.2, 0) is 11.2 Å². The average Bonchev–Trinajstić information content (AvgIpc) is 2.92. The molecule has 3 aromatic rings. The number of oxazole rings is 1. The Morgan fingerprint density at radius 3 is 2.96 bits per heavy atom. The average molecular weight is 326 g/mol. The number of hydrogen-bond donors (Lipinski definition) is 2. The molecule has 6 heteroatoms. The first-order valence-electron chi connectivity index (χ1n) is 7.68. The highest BCUT2D eigenvalue weighted by Crippen LogP contribution is 2.13. The Kier molecular flexibility index (Phi) is 4.65. The minimum Gasteiger partial charge on any atom is -0.484 e. The van der Waals surface area contributed by atoms with E-state index < -0.39 is 5.76 Å². The number of benzene rings is 2. The van der Waals surface area contributed by atoms with Crippen LogP contribution >= 0.6 is 0 Å². The number of fused-ring (bicyclic) bond motifs is 1. The summed E-state index contributed by atoms with van der Waals surface area (Å²) in [6.07, 6.45) is 0.652.